The van der Waals surface area contributed by atoms with Crippen LogP contribution in [-0.2, 0) is 11.3 Å². The summed E-state index contributed by atoms with van der Waals surface area (Å²) in [6, 6.07) is 11.8. The van der Waals surface area contributed by atoms with Crippen LogP contribution in [0.2, 0.25) is 0 Å². The fraction of sp³-hybridized carbons (Fsp3) is 0.133. The van der Waals surface area contributed by atoms with Gasteiger partial charge in [-0.2, -0.15) is 0 Å². The summed E-state index contributed by atoms with van der Waals surface area (Å²) in [4.78, 5) is 11.0. The van der Waals surface area contributed by atoms with E-state index in [-0.39, 0.29) is 11.5 Å². The minimum absolute atomic E-state index is 0.142. The normalized spacial score (nSPS) is 9.95. The Hall–Kier alpha value is -2.89. The maximum absolute atomic E-state index is 11.0. The van der Waals surface area contributed by atoms with Crippen LogP contribution in [0, 0.1) is 0 Å². The number of aromatic hydroxyl groups is 2. The summed E-state index contributed by atoms with van der Waals surface area (Å²) < 4.78 is 4.50. The number of rotatable bonds is 4. The molecule has 0 aliphatic rings. The van der Waals surface area contributed by atoms with Crippen LogP contribution in [0.15, 0.2) is 42.5 Å². The van der Waals surface area contributed by atoms with E-state index in [2.05, 4.69) is 15.4 Å². The van der Waals surface area contributed by atoms with Crippen molar-refractivity contribution in [2.24, 2.45) is 0 Å². The molecule has 0 atom stereocenters. The van der Waals surface area contributed by atoms with E-state index >= 15 is 0 Å². The zero-order valence-electron chi connectivity index (χ0n) is 11.5. The highest BCUT2D eigenvalue weighted by atomic mass is 16.5. The number of methoxy groups -OCH3 is 1. The SMILES string of the molecule is COC(=O)Nc1ccc(NCc2ccc(O)c(O)c2)cc1. The van der Waals surface area contributed by atoms with Crippen molar-refractivity contribution < 1.29 is 19.7 Å². The number of hydrogen-bond acceptors (Lipinski definition) is 5. The number of ether oxygens (including phenoxy) is 1. The minimum Gasteiger partial charge on any atom is -0.504 e. The molecule has 0 unspecified atom stereocenters. The summed E-state index contributed by atoms with van der Waals surface area (Å²) in [5.74, 6) is -0.288. The number of hydrogen-bond donors (Lipinski definition) is 4. The predicted octanol–water partition coefficient (Wildman–Crippen LogP) is 2.89. The van der Waals surface area contributed by atoms with Crippen LogP contribution in [0.1, 0.15) is 5.56 Å². The summed E-state index contributed by atoms with van der Waals surface area (Å²) in [6.07, 6.45) is -0.518. The summed E-state index contributed by atoms with van der Waals surface area (Å²) in [5, 5.41) is 24.4. The summed E-state index contributed by atoms with van der Waals surface area (Å²) in [7, 11) is 1.30. The highest BCUT2D eigenvalue weighted by Crippen LogP contribution is 2.25. The van der Waals surface area contributed by atoms with E-state index in [9.17, 15) is 15.0 Å². The molecule has 0 fully saturated rings. The highest BCUT2D eigenvalue weighted by molar-refractivity contribution is 5.84. The van der Waals surface area contributed by atoms with E-state index in [1.807, 2.05) is 12.1 Å². The van der Waals surface area contributed by atoms with Crippen LogP contribution in [0.5, 0.6) is 11.5 Å². The third-order valence-electron chi connectivity index (χ3n) is 2.85. The Bertz CT molecular complexity index is 626. The second-order valence-electron chi connectivity index (χ2n) is 4.37. The van der Waals surface area contributed by atoms with E-state index in [0.717, 1.165) is 11.3 Å². The molecular weight excluding hydrogens is 272 g/mol. The van der Waals surface area contributed by atoms with Gasteiger partial charge in [-0.3, -0.25) is 5.32 Å². The number of carbonyl (C=O) groups is 1. The lowest BCUT2D eigenvalue weighted by molar-refractivity contribution is 0.187. The van der Waals surface area contributed by atoms with Gasteiger partial charge in [0.25, 0.3) is 0 Å². The van der Waals surface area contributed by atoms with Crippen LogP contribution in [0.3, 0.4) is 0 Å². The summed E-state index contributed by atoms with van der Waals surface area (Å²) in [5.41, 5.74) is 2.33. The van der Waals surface area contributed by atoms with Gasteiger partial charge in [0.2, 0.25) is 0 Å². The Morgan fingerprint density at radius 1 is 1.05 bits per heavy atom. The first-order valence-corrected chi connectivity index (χ1v) is 6.28. The number of anilines is 2. The molecule has 2 aromatic carbocycles. The Kier molecular flexibility index (Phi) is 4.50. The van der Waals surface area contributed by atoms with E-state index in [4.69, 9.17) is 0 Å². The molecule has 6 heteroatoms. The van der Waals surface area contributed by atoms with Crippen LogP contribution in [0.4, 0.5) is 16.2 Å². The summed E-state index contributed by atoms with van der Waals surface area (Å²) in [6.45, 7) is 0.498. The van der Waals surface area contributed by atoms with Gasteiger partial charge >= 0.3 is 6.09 Å². The first-order valence-electron chi connectivity index (χ1n) is 6.28. The van der Waals surface area contributed by atoms with Gasteiger partial charge in [0.15, 0.2) is 11.5 Å². The molecule has 0 saturated heterocycles. The molecular formula is C15H16N2O4. The molecule has 2 aromatic rings. The lowest BCUT2D eigenvalue weighted by Crippen LogP contribution is -2.10. The fourth-order valence-corrected chi connectivity index (χ4v) is 1.72. The number of benzene rings is 2. The fourth-order valence-electron chi connectivity index (χ4n) is 1.72. The monoisotopic (exact) mass is 288 g/mol. The van der Waals surface area contributed by atoms with Gasteiger partial charge in [0.1, 0.15) is 0 Å². The molecule has 0 bridgehead atoms. The van der Waals surface area contributed by atoms with Crippen molar-refractivity contribution in [2.45, 2.75) is 6.54 Å². The zero-order valence-corrected chi connectivity index (χ0v) is 11.5. The molecule has 0 saturated carbocycles. The molecule has 21 heavy (non-hydrogen) atoms. The van der Waals surface area contributed by atoms with Crippen molar-refractivity contribution in [2.75, 3.05) is 17.7 Å². The predicted molar refractivity (Wildman–Crippen MR) is 79.6 cm³/mol. The molecule has 0 radical (unpaired) electrons. The Balaban J connectivity index is 1.94. The van der Waals surface area contributed by atoms with Crippen LogP contribution in [0.25, 0.3) is 0 Å². The van der Waals surface area contributed by atoms with E-state index in [0.29, 0.717) is 12.2 Å². The third kappa shape index (κ3) is 4.04. The molecule has 2 rings (SSSR count). The lowest BCUT2D eigenvalue weighted by Gasteiger charge is -2.09. The molecule has 110 valence electrons. The van der Waals surface area contributed by atoms with Crippen molar-refractivity contribution in [3.05, 3.63) is 48.0 Å². The van der Waals surface area contributed by atoms with Crippen molar-refractivity contribution in [3.8, 4) is 11.5 Å². The van der Waals surface area contributed by atoms with E-state index in [1.165, 1.54) is 19.2 Å². The second kappa shape index (κ2) is 6.51. The first kappa shape index (κ1) is 14.5. The van der Waals surface area contributed by atoms with Crippen molar-refractivity contribution in [1.29, 1.82) is 0 Å². The largest absolute Gasteiger partial charge is 0.504 e. The Morgan fingerprint density at radius 2 is 1.71 bits per heavy atom. The third-order valence-corrected chi connectivity index (χ3v) is 2.85. The average molecular weight is 288 g/mol. The average Bonchev–Trinajstić information content (AvgIpc) is 2.50. The number of carbonyl (C=O) groups excluding carboxylic acids is 1. The van der Waals surface area contributed by atoms with Gasteiger partial charge in [-0.15, -0.1) is 0 Å². The lowest BCUT2D eigenvalue weighted by atomic mass is 10.2. The number of nitrogens with one attached hydrogen (secondary N) is 2. The maximum Gasteiger partial charge on any atom is 0.411 e. The van der Waals surface area contributed by atoms with Crippen LogP contribution in [-0.4, -0.2) is 23.4 Å². The van der Waals surface area contributed by atoms with Gasteiger partial charge in [-0.1, -0.05) is 6.07 Å². The van der Waals surface area contributed by atoms with Crippen molar-refractivity contribution >= 4 is 17.5 Å². The molecule has 0 spiro atoms. The topological polar surface area (TPSA) is 90.8 Å². The molecule has 0 aliphatic carbocycles. The van der Waals surface area contributed by atoms with Gasteiger partial charge < -0.3 is 20.3 Å². The summed E-state index contributed by atoms with van der Waals surface area (Å²) >= 11 is 0. The number of phenolic OH excluding ortho intramolecular Hbond substituents is 2. The number of phenols is 2. The molecule has 0 aromatic heterocycles. The Morgan fingerprint density at radius 3 is 2.33 bits per heavy atom. The maximum atomic E-state index is 11.0. The molecule has 0 heterocycles. The van der Waals surface area contributed by atoms with Crippen molar-refractivity contribution in [3.63, 3.8) is 0 Å². The smallest absolute Gasteiger partial charge is 0.411 e. The molecule has 0 aliphatic heterocycles. The van der Waals surface area contributed by atoms with Crippen LogP contribution < -0.4 is 10.6 Å². The molecule has 6 nitrogen and oxygen atoms in total. The quantitative estimate of drug-likeness (QED) is 0.649. The highest BCUT2D eigenvalue weighted by Gasteiger charge is 2.02. The molecule has 1 amide bonds. The van der Waals surface area contributed by atoms with Gasteiger partial charge in [0.05, 0.1) is 7.11 Å². The van der Waals surface area contributed by atoms with Crippen LogP contribution >= 0.6 is 0 Å². The second-order valence-corrected chi connectivity index (χ2v) is 4.37. The Labute approximate surface area is 122 Å². The van der Waals surface area contributed by atoms with E-state index in [1.54, 1.807) is 18.2 Å². The van der Waals surface area contributed by atoms with Gasteiger partial charge in [-0.05, 0) is 42.0 Å². The minimum atomic E-state index is -0.518. The standard InChI is InChI=1S/C15H16N2O4/c1-21-15(20)17-12-5-3-11(4-6-12)16-9-10-2-7-13(18)14(19)8-10/h2-8,16,18-19H,9H2,1H3,(H,17,20). The number of amides is 1. The van der Waals surface area contributed by atoms with Crippen molar-refractivity contribution in [1.82, 2.24) is 0 Å². The molecule has 4 N–H and O–H groups in total. The van der Waals surface area contributed by atoms with Gasteiger partial charge in [0, 0.05) is 17.9 Å². The van der Waals surface area contributed by atoms with E-state index < -0.39 is 6.09 Å². The zero-order chi connectivity index (χ0) is 15.2. The van der Waals surface area contributed by atoms with Gasteiger partial charge in [-0.25, -0.2) is 4.79 Å². The first-order chi connectivity index (χ1) is 10.1.